The molecule has 1 spiro atoms. The Hall–Kier alpha value is -2.77. The van der Waals surface area contributed by atoms with Crippen LogP contribution in [0.15, 0.2) is 54.9 Å². The summed E-state index contributed by atoms with van der Waals surface area (Å²) in [6.07, 6.45) is 7.88. The molecule has 3 aliphatic rings. The Balaban J connectivity index is 1.18. The fraction of sp³-hybridized carbons (Fsp3) is 0.500. The molecule has 0 radical (unpaired) electrons. The van der Waals surface area contributed by atoms with Crippen LogP contribution in [0.4, 0.5) is 4.79 Å². The average molecular weight is 448 g/mol. The number of benzene rings is 1. The summed E-state index contributed by atoms with van der Waals surface area (Å²) in [4.78, 5) is 36.9. The number of amides is 3. The quantitative estimate of drug-likeness (QED) is 0.690. The molecule has 0 bridgehead atoms. The fourth-order valence-corrected chi connectivity index (χ4v) is 5.53. The topological polar surface area (TPSA) is 68.8 Å². The first-order valence-electron chi connectivity index (χ1n) is 12.2. The summed E-state index contributed by atoms with van der Waals surface area (Å²) in [5.74, 6) is -0.00836. The van der Waals surface area contributed by atoms with E-state index in [2.05, 4.69) is 44.4 Å². The summed E-state index contributed by atoms with van der Waals surface area (Å²) in [7, 11) is 0. The lowest BCUT2D eigenvalue weighted by atomic mass is 9.87. The van der Waals surface area contributed by atoms with Crippen LogP contribution in [0.1, 0.15) is 36.8 Å². The number of aromatic nitrogens is 1. The summed E-state index contributed by atoms with van der Waals surface area (Å²) in [6, 6.07) is 14.3. The number of rotatable bonds is 6. The summed E-state index contributed by atoms with van der Waals surface area (Å²) < 4.78 is 0. The standard InChI is InChI=1S/C26H33N5O2/c32-24-26(11-17-29(18-12-26)16-10-21-5-2-1-3-6-21)28-25(33)31(24)23-7-4-15-30(20-23)19-22-8-13-27-14-9-22/h1-3,5-6,8-9,13-14,23H,4,7,10-12,15-20H2,(H,28,33)/t23-/m1/s1. The van der Waals surface area contributed by atoms with Crippen LogP contribution in [-0.4, -0.2) is 75.9 Å². The van der Waals surface area contributed by atoms with Crippen LogP contribution in [0.2, 0.25) is 0 Å². The maximum Gasteiger partial charge on any atom is 0.325 e. The van der Waals surface area contributed by atoms with Crippen molar-refractivity contribution in [3.8, 4) is 0 Å². The molecule has 1 aromatic heterocycles. The first kappa shape index (κ1) is 22.0. The normalized spacial score (nSPS) is 23.8. The number of hydrogen-bond donors (Lipinski definition) is 1. The van der Waals surface area contributed by atoms with Gasteiger partial charge in [-0.25, -0.2) is 4.79 Å². The van der Waals surface area contributed by atoms with Gasteiger partial charge in [-0.2, -0.15) is 0 Å². The van der Waals surface area contributed by atoms with Crippen LogP contribution >= 0.6 is 0 Å². The van der Waals surface area contributed by atoms with Crippen molar-refractivity contribution in [1.29, 1.82) is 0 Å². The van der Waals surface area contributed by atoms with Crippen LogP contribution in [0.3, 0.4) is 0 Å². The zero-order valence-corrected chi connectivity index (χ0v) is 19.2. The number of nitrogens with zero attached hydrogens (tertiary/aromatic N) is 4. The highest BCUT2D eigenvalue weighted by Gasteiger charge is 2.54. The molecule has 0 saturated carbocycles. The minimum absolute atomic E-state index is 0.00836. The largest absolute Gasteiger partial charge is 0.325 e. The number of nitrogens with one attached hydrogen (secondary N) is 1. The van der Waals surface area contributed by atoms with E-state index < -0.39 is 5.54 Å². The molecule has 1 aromatic carbocycles. The molecule has 174 valence electrons. The smallest absolute Gasteiger partial charge is 0.323 e. The summed E-state index contributed by atoms with van der Waals surface area (Å²) in [6.45, 7) is 5.21. The highest BCUT2D eigenvalue weighted by molar-refractivity contribution is 6.07. The lowest BCUT2D eigenvalue weighted by Crippen LogP contribution is -2.56. The lowest BCUT2D eigenvalue weighted by molar-refractivity contribution is -0.135. The third kappa shape index (κ3) is 4.80. The zero-order chi connectivity index (χ0) is 22.7. The number of carbonyl (C=O) groups is 2. The second-order valence-electron chi connectivity index (χ2n) is 9.65. The van der Waals surface area contributed by atoms with Crippen LogP contribution in [0, 0.1) is 0 Å². The van der Waals surface area contributed by atoms with E-state index in [1.165, 1.54) is 11.1 Å². The van der Waals surface area contributed by atoms with Gasteiger partial charge in [0.1, 0.15) is 5.54 Å². The van der Waals surface area contributed by atoms with Crippen molar-refractivity contribution in [1.82, 2.24) is 25.0 Å². The number of carbonyl (C=O) groups excluding carboxylic acids is 2. The number of imide groups is 1. The number of urea groups is 1. The van der Waals surface area contributed by atoms with Gasteiger partial charge in [0.05, 0.1) is 6.04 Å². The predicted octanol–water partition coefficient (Wildman–Crippen LogP) is 2.68. The van der Waals surface area contributed by atoms with E-state index >= 15 is 0 Å². The summed E-state index contributed by atoms with van der Waals surface area (Å²) in [5, 5.41) is 3.11. The molecule has 7 nitrogen and oxygen atoms in total. The number of piperidine rings is 2. The van der Waals surface area contributed by atoms with Crippen molar-refractivity contribution in [2.24, 2.45) is 0 Å². The minimum Gasteiger partial charge on any atom is -0.323 e. The van der Waals surface area contributed by atoms with Crippen LogP contribution in [-0.2, 0) is 17.8 Å². The first-order chi connectivity index (χ1) is 16.1. The molecule has 4 heterocycles. The van der Waals surface area contributed by atoms with Crippen molar-refractivity contribution < 1.29 is 9.59 Å². The SMILES string of the molecule is O=C1NC2(CCN(CCc3ccccc3)CC2)C(=O)N1[C@@H]1CCCN(Cc2ccncc2)C1. The zero-order valence-electron chi connectivity index (χ0n) is 19.2. The van der Waals surface area contributed by atoms with Crippen LogP contribution < -0.4 is 5.32 Å². The van der Waals surface area contributed by atoms with Gasteiger partial charge in [-0.15, -0.1) is 0 Å². The predicted molar refractivity (Wildman–Crippen MR) is 126 cm³/mol. The highest BCUT2D eigenvalue weighted by atomic mass is 16.2. The summed E-state index contributed by atoms with van der Waals surface area (Å²) in [5.41, 5.74) is 1.83. The van der Waals surface area contributed by atoms with Gasteiger partial charge >= 0.3 is 6.03 Å². The molecule has 2 aromatic rings. The van der Waals surface area contributed by atoms with Gasteiger partial charge in [0.2, 0.25) is 0 Å². The van der Waals surface area contributed by atoms with Gasteiger partial charge in [0.25, 0.3) is 5.91 Å². The van der Waals surface area contributed by atoms with Gasteiger partial charge in [-0.1, -0.05) is 30.3 Å². The molecule has 1 atom stereocenters. The Labute approximate surface area is 195 Å². The van der Waals surface area contributed by atoms with Crippen molar-refractivity contribution in [2.45, 2.75) is 50.2 Å². The molecule has 3 saturated heterocycles. The van der Waals surface area contributed by atoms with Crippen molar-refractivity contribution >= 4 is 11.9 Å². The Morgan fingerprint density at radius 2 is 1.70 bits per heavy atom. The molecule has 3 aliphatic heterocycles. The van der Waals surface area contributed by atoms with Gasteiger partial charge in [0.15, 0.2) is 0 Å². The highest BCUT2D eigenvalue weighted by Crippen LogP contribution is 2.32. The van der Waals surface area contributed by atoms with E-state index in [1.54, 1.807) is 4.90 Å². The minimum atomic E-state index is -0.715. The van der Waals surface area contributed by atoms with E-state index in [4.69, 9.17) is 0 Å². The molecule has 3 amide bonds. The Kier molecular flexibility index (Phi) is 6.42. The van der Waals surface area contributed by atoms with Crippen molar-refractivity contribution in [3.05, 3.63) is 66.0 Å². The molecule has 33 heavy (non-hydrogen) atoms. The molecule has 3 fully saturated rings. The van der Waals surface area contributed by atoms with Gasteiger partial charge in [-0.3, -0.25) is 19.6 Å². The molecular weight excluding hydrogens is 414 g/mol. The van der Waals surface area contributed by atoms with Crippen molar-refractivity contribution in [3.63, 3.8) is 0 Å². The second kappa shape index (κ2) is 9.61. The van der Waals surface area contributed by atoms with Crippen LogP contribution in [0.5, 0.6) is 0 Å². The molecule has 1 N–H and O–H groups in total. The maximum absolute atomic E-state index is 13.5. The Bertz CT molecular complexity index is 959. The van der Waals surface area contributed by atoms with E-state index in [0.717, 1.165) is 58.5 Å². The third-order valence-electron chi connectivity index (χ3n) is 7.46. The van der Waals surface area contributed by atoms with Gasteiger partial charge in [0, 0.05) is 45.1 Å². The van der Waals surface area contributed by atoms with E-state index in [9.17, 15) is 9.59 Å². The van der Waals surface area contributed by atoms with Gasteiger partial charge in [-0.05, 0) is 61.9 Å². The number of hydrogen-bond acceptors (Lipinski definition) is 5. The Morgan fingerprint density at radius 1 is 0.939 bits per heavy atom. The Morgan fingerprint density at radius 3 is 2.45 bits per heavy atom. The summed E-state index contributed by atoms with van der Waals surface area (Å²) >= 11 is 0. The second-order valence-corrected chi connectivity index (χ2v) is 9.65. The molecule has 7 heteroatoms. The maximum atomic E-state index is 13.5. The van der Waals surface area contributed by atoms with Crippen molar-refractivity contribution in [2.75, 3.05) is 32.7 Å². The van der Waals surface area contributed by atoms with Gasteiger partial charge < -0.3 is 10.2 Å². The van der Waals surface area contributed by atoms with Crippen LogP contribution in [0.25, 0.3) is 0 Å². The monoisotopic (exact) mass is 447 g/mol. The third-order valence-corrected chi connectivity index (χ3v) is 7.46. The molecule has 0 aliphatic carbocycles. The average Bonchev–Trinajstić information content (AvgIpc) is 3.09. The van der Waals surface area contributed by atoms with E-state index in [-0.39, 0.29) is 18.0 Å². The first-order valence-corrected chi connectivity index (χ1v) is 12.2. The lowest BCUT2D eigenvalue weighted by Gasteiger charge is -2.39. The molecule has 0 unspecified atom stereocenters. The van der Waals surface area contributed by atoms with E-state index in [0.29, 0.717) is 12.8 Å². The number of pyridine rings is 1. The molecule has 5 rings (SSSR count). The fourth-order valence-electron chi connectivity index (χ4n) is 5.53. The molecular formula is C26H33N5O2. The van der Waals surface area contributed by atoms with E-state index in [1.807, 2.05) is 30.6 Å². The number of likely N-dealkylation sites (tertiary alicyclic amines) is 2.